The molecular weight excluding hydrogens is 392 g/mol. The third-order valence-electron chi connectivity index (χ3n) is 2.72. The van der Waals surface area contributed by atoms with Crippen LogP contribution < -0.4 is 15.0 Å². The van der Waals surface area contributed by atoms with Gasteiger partial charge in [-0.05, 0) is 49.6 Å². The van der Waals surface area contributed by atoms with Crippen molar-refractivity contribution in [1.29, 1.82) is 0 Å². The molecule has 0 aliphatic carbocycles. The van der Waals surface area contributed by atoms with Crippen LogP contribution in [-0.2, 0) is 6.54 Å². The van der Waals surface area contributed by atoms with Gasteiger partial charge in [0.25, 0.3) is 5.56 Å². The zero-order valence-corrected chi connectivity index (χ0v) is 14.1. The smallest absolute Gasteiger partial charge is 0.282 e. The fourth-order valence-electron chi connectivity index (χ4n) is 1.71. The van der Waals surface area contributed by atoms with E-state index < -0.39 is 0 Å². The summed E-state index contributed by atoms with van der Waals surface area (Å²) in [6, 6.07) is 5.49. The Kier molecular flexibility index (Phi) is 4.82. The van der Waals surface area contributed by atoms with Gasteiger partial charge in [-0.3, -0.25) is 4.79 Å². The molecule has 2 aromatic rings. The van der Waals surface area contributed by atoms with Gasteiger partial charge in [-0.2, -0.15) is 5.10 Å². The second-order valence-electron chi connectivity index (χ2n) is 3.96. The Morgan fingerprint density at radius 1 is 1.20 bits per heavy atom. The normalized spacial score (nSPS) is 10.4. The van der Waals surface area contributed by atoms with Crippen molar-refractivity contribution in [1.82, 2.24) is 9.78 Å². The van der Waals surface area contributed by atoms with Crippen molar-refractivity contribution >= 4 is 31.9 Å². The molecule has 0 aliphatic rings. The number of hydrogen-bond acceptors (Lipinski definition) is 4. The molecular formula is C13H12Br2N2O3. The van der Waals surface area contributed by atoms with Crippen molar-refractivity contribution in [3.8, 4) is 11.5 Å². The van der Waals surface area contributed by atoms with Crippen molar-refractivity contribution in [3.05, 3.63) is 49.3 Å². The number of nitrogens with zero attached hydrogens (tertiary/aromatic N) is 2. The lowest BCUT2D eigenvalue weighted by Crippen LogP contribution is -2.24. The molecule has 0 bridgehead atoms. The molecule has 1 heterocycles. The summed E-state index contributed by atoms with van der Waals surface area (Å²) in [5.41, 5.74) is 0.695. The highest BCUT2D eigenvalue weighted by Crippen LogP contribution is 2.27. The van der Waals surface area contributed by atoms with Gasteiger partial charge in [0.1, 0.15) is 4.47 Å². The van der Waals surface area contributed by atoms with Crippen molar-refractivity contribution in [2.24, 2.45) is 0 Å². The Balaban J connectivity index is 2.36. The lowest BCUT2D eigenvalue weighted by molar-refractivity contribution is 0.354. The third kappa shape index (κ3) is 3.04. The Bertz CT molecular complexity index is 686. The van der Waals surface area contributed by atoms with Crippen molar-refractivity contribution in [3.63, 3.8) is 0 Å². The van der Waals surface area contributed by atoms with Gasteiger partial charge >= 0.3 is 0 Å². The molecule has 1 aromatic carbocycles. The molecule has 0 saturated carbocycles. The largest absolute Gasteiger partial charge is 0.493 e. The average Bonchev–Trinajstić information content (AvgIpc) is 2.47. The van der Waals surface area contributed by atoms with Crippen LogP contribution in [0.5, 0.6) is 11.5 Å². The molecule has 0 aliphatic heterocycles. The highest BCUT2D eigenvalue weighted by Gasteiger charge is 2.09. The van der Waals surface area contributed by atoms with Gasteiger partial charge in [-0.15, -0.1) is 0 Å². The zero-order chi connectivity index (χ0) is 14.7. The highest BCUT2D eigenvalue weighted by atomic mass is 79.9. The van der Waals surface area contributed by atoms with Gasteiger partial charge in [-0.25, -0.2) is 4.68 Å². The van der Waals surface area contributed by atoms with E-state index >= 15 is 0 Å². The maximum absolute atomic E-state index is 12.0. The minimum Gasteiger partial charge on any atom is -0.493 e. The minimum absolute atomic E-state index is 0.200. The maximum Gasteiger partial charge on any atom is 0.282 e. The molecule has 0 atom stereocenters. The molecule has 0 fully saturated rings. The SMILES string of the molecule is COc1ccc(Cn2ncc(Br)c(Br)c2=O)cc1OC. The van der Waals surface area contributed by atoms with Crippen LogP contribution in [0.3, 0.4) is 0 Å². The molecule has 0 N–H and O–H groups in total. The molecule has 0 radical (unpaired) electrons. The van der Waals surface area contributed by atoms with Crippen molar-refractivity contribution in [2.45, 2.75) is 6.54 Å². The fourth-order valence-corrected chi connectivity index (χ4v) is 2.28. The van der Waals surface area contributed by atoms with Crippen molar-refractivity contribution < 1.29 is 9.47 Å². The van der Waals surface area contributed by atoms with E-state index in [2.05, 4.69) is 37.0 Å². The van der Waals surface area contributed by atoms with Crippen LogP contribution >= 0.6 is 31.9 Å². The lowest BCUT2D eigenvalue weighted by Gasteiger charge is -2.10. The molecule has 0 saturated heterocycles. The summed E-state index contributed by atoms with van der Waals surface area (Å²) in [5, 5.41) is 4.09. The van der Waals surface area contributed by atoms with Gasteiger partial charge in [0.05, 0.1) is 31.4 Å². The Morgan fingerprint density at radius 3 is 2.55 bits per heavy atom. The number of aromatic nitrogens is 2. The standard InChI is InChI=1S/C13H12Br2N2O3/c1-19-10-4-3-8(5-11(10)20-2)7-17-13(18)12(15)9(14)6-16-17/h3-6H,7H2,1-2H3. The van der Waals surface area contributed by atoms with Crippen LogP contribution in [0.2, 0.25) is 0 Å². The summed E-state index contributed by atoms with van der Waals surface area (Å²) in [6.45, 7) is 0.352. The fraction of sp³-hybridized carbons (Fsp3) is 0.231. The zero-order valence-electron chi connectivity index (χ0n) is 10.9. The molecule has 106 valence electrons. The number of rotatable bonds is 4. The summed E-state index contributed by atoms with van der Waals surface area (Å²) in [6.07, 6.45) is 1.58. The number of halogens is 2. The van der Waals surface area contributed by atoms with Crippen LogP contribution in [0.4, 0.5) is 0 Å². The van der Waals surface area contributed by atoms with Crippen LogP contribution in [0.15, 0.2) is 38.1 Å². The van der Waals surface area contributed by atoms with E-state index in [1.54, 1.807) is 26.5 Å². The van der Waals surface area contributed by atoms with E-state index in [0.29, 0.717) is 27.0 Å². The van der Waals surface area contributed by atoms with Crippen LogP contribution in [0.1, 0.15) is 5.56 Å². The summed E-state index contributed by atoms with van der Waals surface area (Å²) in [7, 11) is 3.15. The summed E-state index contributed by atoms with van der Waals surface area (Å²) < 4.78 is 12.9. The summed E-state index contributed by atoms with van der Waals surface area (Å²) in [5.74, 6) is 1.27. The van der Waals surface area contributed by atoms with E-state index in [-0.39, 0.29) is 5.56 Å². The van der Waals surface area contributed by atoms with Crippen LogP contribution in [-0.4, -0.2) is 24.0 Å². The Labute approximate surface area is 132 Å². The molecule has 0 unspecified atom stereocenters. The first-order valence-electron chi connectivity index (χ1n) is 5.69. The van der Waals surface area contributed by atoms with E-state index in [1.807, 2.05) is 12.1 Å². The molecule has 5 nitrogen and oxygen atoms in total. The minimum atomic E-state index is -0.200. The van der Waals surface area contributed by atoms with E-state index in [9.17, 15) is 4.79 Å². The average molecular weight is 404 g/mol. The number of methoxy groups -OCH3 is 2. The number of hydrogen-bond donors (Lipinski definition) is 0. The van der Waals surface area contributed by atoms with Gasteiger partial charge in [0, 0.05) is 0 Å². The predicted octanol–water partition coefficient (Wildman–Crippen LogP) is 2.83. The summed E-state index contributed by atoms with van der Waals surface area (Å²) in [4.78, 5) is 12.0. The molecule has 2 rings (SSSR count). The second-order valence-corrected chi connectivity index (χ2v) is 5.61. The third-order valence-corrected chi connectivity index (χ3v) is 4.62. The molecule has 1 aromatic heterocycles. The van der Waals surface area contributed by atoms with Crippen LogP contribution in [0.25, 0.3) is 0 Å². The van der Waals surface area contributed by atoms with Gasteiger partial charge in [0.2, 0.25) is 0 Å². The lowest BCUT2D eigenvalue weighted by atomic mass is 10.2. The monoisotopic (exact) mass is 402 g/mol. The van der Waals surface area contributed by atoms with Gasteiger partial charge in [-0.1, -0.05) is 6.07 Å². The molecule has 7 heteroatoms. The predicted molar refractivity (Wildman–Crippen MR) is 82.5 cm³/mol. The van der Waals surface area contributed by atoms with Crippen molar-refractivity contribution in [2.75, 3.05) is 14.2 Å². The first kappa shape index (κ1) is 15.1. The quantitative estimate of drug-likeness (QED) is 0.787. The van der Waals surface area contributed by atoms with E-state index in [1.165, 1.54) is 4.68 Å². The highest BCUT2D eigenvalue weighted by molar-refractivity contribution is 9.13. The second kappa shape index (κ2) is 6.41. The van der Waals surface area contributed by atoms with E-state index in [0.717, 1.165) is 5.56 Å². The van der Waals surface area contributed by atoms with Gasteiger partial charge in [0.15, 0.2) is 11.5 Å². The van der Waals surface area contributed by atoms with Crippen LogP contribution in [0, 0.1) is 0 Å². The molecule has 0 spiro atoms. The number of benzene rings is 1. The topological polar surface area (TPSA) is 53.4 Å². The molecule has 0 amide bonds. The number of ether oxygens (including phenoxy) is 2. The first-order valence-corrected chi connectivity index (χ1v) is 7.27. The Morgan fingerprint density at radius 2 is 1.90 bits per heavy atom. The Hall–Kier alpha value is -1.34. The maximum atomic E-state index is 12.0. The summed E-state index contributed by atoms with van der Waals surface area (Å²) >= 11 is 6.48. The molecule has 20 heavy (non-hydrogen) atoms. The van der Waals surface area contributed by atoms with E-state index in [4.69, 9.17) is 9.47 Å². The van der Waals surface area contributed by atoms with Gasteiger partial charge < -0.3 is 9.47 Å². The first-order chi connectivity index (χ1) is 9.56.